The maximum absolute atomic E-state index is 13.8. The second kappa shape index (κ2) is 4.48. The van der Waals surface area contributed by atoms with Crippen LogP contribution >= 0.6 is 0 Å². The molecule has 0 radical (unpaired) electrons. The van der Waals surface area contributed by atoms with E-state index in [1.807, 2.05) is 0 Å². The maximum Gasteiger partial charge on any atom is 0.272 e. The number of halogens is 1. The number of aromatic nitrogens is 2. The number of nitrogens with zero attached hydrogens (tertiary/aromatic N) is 3. The van der Waals surface area contributed by atoms with Gasteiger partial charge in [-0.25, -0.2) is 9.37 Å². The predicted octanol–water partition coefficient (Wildman–Crippen LogP) is 1.66. The molecule has 8 heteroatoms. The average molecular weight is 263 g/mol. The van der Waals surface area contributed by atoms with Crippen molar-refractivity contribution in [3.63, 3.8) is 0 Å². The molecule has 0 aliphatic carbocycles. The minimum atomic E-state index is -0.854. The number of anilines is 2. The van der Waals surface area contributed by atoms with Gasteiger partial charge in [0.15, 0.2) is 11.6 Å². The fourth-order valence-corrected chi connectivity index (χ4v) is 1.63. The minimum absolute atomic E-state index is 0.132. The van der Waals surface area contributed by atoms with Crippen LogP contribution in [-0.2, 0) is 0 Å². The largest absolute Gasteiger partial charge is 0.381 e. The van der Waals surface area contributed by atoms with Gasteiger partial charge in [0.25, 0.3) is 5.69 Å². The van der Waals surface area contributed by atoms with Gasteiger partial charge in [-0.05, 0) is 6.92 Å². The van der Waals surface area contributed by atoms with Crippen LogP contribution < -0.4 is 11.5 Å². The summed E-state index contributed by atoms with van der Waals surface area (Å²) in [5.74, 6) is -1.45. The molecule has 0 saturated carbocycles. The third-order valence-corrected chi connectivity index (χ3v) is 2.57. The fourth-order valence-electron chi connectivity index (χ4n) is 1.63. The highest BCUT2D eigenvalue weighted by atomic mass is 19.1. The number of benzene rings is 1. The first kappa shape index (κ1) is 12.7. The molecule has 1 heterocycles. The summed E-state index contributed by atoms with van der Waals surface area (Å²) in [6.45, 7) is 1.58. The van der Waals surface area contributed by atoms with Gasteiger partial charge in [-0.2, -0.15) is 4.98 Å². The van der Waals surface area contributed by atoms with Crippen LogP contribution in [-0.4, -0.2) is 14.9 Å². The Morgan fingerprint density at radius 3 is 2.63 bits per heavy atom. The van der Waals surface area contributed by atoms with Crippen LogP contribution in [0.2, 0.25) is 0 Å². The van der Waals surface area contributed by atoms with Crippen LogP contribution in [0.5, 0.6) is 0 Å². The highest BCUT2D eigenvalue weighted by molar-refractivity contribution is 5.67. The van der Waals surface area contributed by atoms with Crippen molar-refractivity contribution in [3.05, 3.63) is 39.7 Å². The van der Waals surface area contributed by atoms with E-state index in [2.05, 4.69) is 9.97 Å². The predicted molar refractivity (Wildman–Crippen MR) is 67.6 cm³/mol. The molecule has 1 aromatic heterocycles. The summed E-state index contributed by atoms with van der Waals surface area (Å²) >= 11 is 0. The Morgan fingerprint density at radius 2 is 2.00 bits per heavy atom. The van der Waals surface area contributed by atoms with Gasteiger partial charge >= 0.3 is 0 Å². The Labute approximate surface area is 107 Å². The Balaban J connectivity index is 2.66. The molecule has 0 bridgehead atoms. The highest BCUT2D eigenvalue weighted by Crippen LogP contribution is 2.29. The van der Waals surface area contributed by atoms with E-state index in [1.54, 1.807) is 6.92 Å². The lowest BCUT2D eigenvalue weighted by molar-refractivity contribution is -0.385. The topological polar surface area (TPSA) is 121 Å². The molecule has 19 heavy (non-hydrogen) atoms. The second-order valence-electron chi connectivity index (χ2n) is 3.89. The quantitative estimate of drug-likeness (QED) is 0.627. The van der Waals surface area contributed by atoms with Crippen LogP contribution in [0.1, 0.15) is 5.56 Å². The van der Waals surface area contributed by atoms with Gasteiger partial charge in [-0.3, -0.25) is 10.1 Å². The number of hydrogen-bond acceptors (Lipinski definition) is 6. The number of aryl methyl sites for hydroxylation is 1. The third kappa shape index (κ3) is 2.28. The normalized spacial score (nSPS) is 10.4. The lowest BCUT2D eigenvalue weighted by Crippen LogP contribution is -2.05. The van der Waals surface area contributed by atoms with E-state index in [9.17, 15) is 14.5 Å². The number of hydrogen-bond donors (Lipinski definition) is 2. The summed E-state index contributed by atoms with van der Waals surface area (Å²) in [4.78, 5) is 17.5. The molecule has 0 fully saturated rings. The SMILES string of the molecule is Cc1ccc(-c2nc(N)nc(N)c2F)cc1[N+](=O)[O-]. The lowest BCUT2D eigenvalue weighted by Gasteiger charge is -2.06. The van der Waals surface area contributed by atoms with Crippen molar-refractivity contribution in [3.8, 4) is 11.3 Å². The summed E-state index contributed by atoms with van der Waals surface area (Å²) in [5.41, 5.74) is 11.1. The lowest BCUT2D eigenvalue weighted by atomic mass is 10.1. The van der Waals surface area contributed by atoms with Gasteiger partial charge in [0, 0.05) is 17.2 Å². The zero-order chi connectivity index (χ0) is 14.2. The van der Waals surface area contributed by atoms with E-state index < -0.39 is 16.6 Å². The molecule has 0 unspecified atom stereocenters. The van der Waals surface area contributed by atoms with Crippen LogP contribution in [0.25, 0.3) is 11.3 Å². The Bertz CT molecular complexity index is 674. The van der Waals surface area contributed by atoms with Gasteiger partial charge in [-0.15, -0.1) is 0 Å². The van der Waals surface area contributed by atoms with Crippen LogP contribution in [0, 0.1) is 22.9 Å². The van der Waals surface area contributed by atoms with E-state index in [4.69, 9.17) is 11.5 Å². The third-order valence-electron chi connectivity index (χ3n) is 2.57. The minimum Gasteiger partial charge on any atom is -0.381 e. The van der Waals surface area contributed by atoms with Crippen molar-refractivity contribution in [2.24, 2.45) is 0 Å². The van der Waals surface area contributed by atoms with Gasteiger partial charge in [0.05, 0.1) is 4.92 Å². The number of nitro groups is 1. The maximum atomic E-state index is 13.8. The molecule has 98 valence electrons. The fraction of sp³-hybridized carbons (Fsp3) is 0.0909. The monoisotopic (exact) mass is 263 g/mol. The van der Waals surface area contributed by atoms with Gasteiger partial charge in [0.2, 0.25) is 5.95 Å². The Morgan fingerprint density at radius 1 is 1.32 bits per heavy atom. The first-order valence-corrected chi connectivity index (χ1v) is 5.24. The zero-order valence-electron chi connectivity index (χ0n) is 9.92. The molecular formula is C11H10FN5O2. The number of nitrogen functional groups attached to an aromatic ring is 2. The van der Waals surface area contributed by atoms with Crippen molar-refractivity contribution in [1.82, 2.24) is 9.97 Å². The molecule has 0 atom stereocenters. The number of rotatable bonds is 2. The van der Waals surface area contributed by atoms with Crippen LogP contribution in [0.15, 0.2) is 18.2 Å². The highest BCUT2D eigenvalue weighted by Gasteiger charge is 2.17. The molecule has 2 aromatic rings. The summed E-state index contributed by atoms with van der Waals surface area (Å²) in [6, 6.07) is 4.23. The molecule has 7 nitrogen and oxygen atoms in total. The van der Waals surface area contributed by atoms with Crippen molar-refractivity contribution in [1.29, 1.82) is 0 Å². The van der Waals surface area contributed by atoms with Crippen molar-refractivity contribution < 1.29 is 9.31 Å². The van der Waals surface area contributed by atoms with Gasteiger partial charge in [-0.1, -0.05) is 12.1 Å². The molecular weight excluding hydrogens is 253 g/mol. The van der Waals surface area contributed by atoms with Gasteiger partial charge < -0.3 is 11.5 Å². The second-order valence-corrected chi connectivity index (χ2v) is 3.89. The van der Waals surface area contributed by atoms with Crippen molar-refractivity contribution in [2.45, 2.75) is 6.92 Å². The Hall–Kier alpha value is -2.77. The zero-order valence-corrected chi connectivity index (χ0v) is 9.92. The van der Waals surface area contributed by atoms with E-state index in [-0.39, 0.29) is 22.9 Å². The van der Waals surface area contributed by atoms with Crippen LogP contribution in [0.4, 0.5) is 21.8 Å². The molecule has 0 spiro atoms. The van der Waals surface area contributed by atoms with Crippen molar-refractivity contribution in [2.75, 3.05) is 11.5 Å². The summed E-state index contributed by atoms with van der Waals surface area (Å²) in [5, 5.41) is 10.9. The van der Waals surface area contributed by atoms with E-state index in [0.717, 1.165) is 0 Å². The number of nitro benzene ring substituents is 1. The van der Waals surface area contributed by atoms with E-state index >= 15 is 0 Å². The molecule has 1 aromatic carbocycles. The van der Waals surface area contributed by atoms with E-state index in [1.165, 1.54) is 18.2 Å². The molecule has 0 saturated heterocycles. The van der Waals surface area contributed by atoms with Crippen molar-refractivity contribution >= 4 is 17.5 Å². The standard InChI is InChI=1S/C11H10FN5O2/c1-5-2-3-6(4-7(5)17(18)19)9-8(12)10(13)16-11(14)15-9/h2-4H,1H3,(H4,13,14,15,16). The van der Waals surface area contributed by atoms with E-state index in [0.29, 0.717) is 5.56 Å². The smallest absolute Gasteiger partial charge is 0.272 e. The molecule has 4 N–H and O–H groups in total. The van der Waals surface area contributed by atoms with Gasteiger partial charge in [0.1, 0.15) is 5.69 Å². The first-order valence-electron chi connectivity index (χ1n) is 5.24. The average Bonchev–Trinajstić information content (AvgIpc) is 2.34. The summed E-state index contributed by atoms with van der Waals surface area (Å²) < 4.78 is 13.8. The summed E-state index contributed by atoms with van der Waals surface area (Å²) in [6.07, 6.45) is 0. The van der Waals surface area contributed by atoms with Crippen LogP contribution in [0.3, 0.4) is 0 Å². The molecule has 2 rings (SSSR count). The number of nitrogens with two attached hydrogens (primary N) is 2. The summed E-state index contributed by atoms with van der Waals surface area (Å²) in [7, 11) is 0. The molecule has 0 aliphatic heterocycles. The Kier molecular flexibility index (Phi) is 2.99. The first-order chi connectivity index (χ1) is 8.90. The molecule has 0 amide bonds. The molecule has 0 aliphatic rings.